The average molecular weight is 652 g/mol. The molecule has 0 aliphatic heterocycles. The van der Waals surface area contributed by atoms with Crippen LogP contribution in [0.2, 0.25) is 0 Å². The molecule has 2 heterocycles. The van der Waals surface area contributed by atoms with Crippen molar-refractivity contribution in [2.45, 2.75) is 39.0 Å². The van der Waals surface area contributed by atoms with Crippen molar-refractivity contribution in [3.05, 3.63) is 133 Å². The van der Waals surface area contributed by atoms with Crippen LogP contribution in [-0.4, -0.2) is 15.9 Å². The third kappa shape index (κ3) is 6.57. The minimum atomic E-state index is 0.877. The largest absolute Gasteiger partial charge is 0.497 e. The number of aryl methyl sites for hydroxylation is 1. The van der Waals surface area contributed by atoms with E-state index in [4.69, 9.17) is 13.5 Å². The minimum Gasteiger partial charge on any atom is -0.497 e. The molecule has 0 aliphatic rings. The van der Waals surface area contributed by atoms with Crippen LogP contribution in [-0.2, 0) is 6.42 Å². The van der Waals surface area contributed by atoms with Gasteiger partial charge in [0.2, 0.25) is 0 Å². The SMILES string of the molecule is CCCCCCc1cc(-c2ccc(-c3ccc(N(c4ccccc4)c4ccccc4)cc3)c3nsnc23)sc1-c1ccc(OC)cc1. The zero-order valence-corrected chi connectivity index (χ0v) is 28.4. The number of fused-ring (bicyclic) bond motifs is 1. The third-order valence-electron chi connectivity index (χ3n) is 8.61. The Balaban J connectivity index is 1.23. The van der Waals surface area contributed by atoms with Gasteiger partial charge in [-0.25, -0.2) is 0 Å². The van der Waals surface area contributed by atoms with Crippen molar-refractivity contribution in [2.24, 2.45) is 0 Å². The number of hydrogen-bond acceptors (Lipinski definition) is 6. The van der Waals surface area contributed by atoms with Crippen LogP contribution in [0.1, 0.15) is 38.2 Å². The Morgan fingerprint density at radius 3 is 1.85 bits per heavy atom. The Morgan fingerprint density at radius 2 is 1.21 bits per heavy atom. The van der Waals surface area contributed by atoms with E-state index >= 15 is 0 Å². The van der Waals surface area contributed by atoms with Crippen LogP contribution in [0.5, 0.6) is 5.75 Å². The molecule has 47 heavy (non-hydrogen) atoms. The predicted molar refractivity (Wildman–Crippen MR) is 201 cm³/mol. The zero-order chi connectivity index (χ0) is 32.0. The Morgan fingerprint density at radius 1 is 0.617 bits per heavy atom. The van der Waals surface area contributed by atoms with E-state index in [0.717, 1.165) is 57.0 Å². The number of ether oxygens (including phenoxy) is 1. The van der Waals surface area contributed by atoms with Crippen LogP contribution >= 0.6 is 23.1 Å². The molecule has 0 N–H and O–H groups in total. The lowest BCUT2D eigenvalue weighted by Gasteiger charge is -2.25. The van der Waals surface area contributed by atoms with E-state index in [0.29, 0.717) is 0 Å². The molecule has 4 nitrogen and oxygen atoms in total. The van der Waals surface area contributed by atoms with Crippen molar-refractivity contribution in [3.8, 4) is 37.8 Å². The Labute approximate surface area is 285 Å². The second kappa shape index (κ2) is 14.3. The van der Waals surface area contributed by atoms with Crippen LogP contribution in [0.25, 0.3) is 43.0 Å². The fraction of sp³-hybridized carbons (Fsp3) is 0.171. The quantitative estimate of drug-likeness (QED) is 0.123. The van der Waals surface area contributed by atoms with E-state index in [-0.39, 0.29) is 0 Å². The van der Waals surface area contributed by atoms with Crippen molar-refractivity contribution >= 4 is 51.2 Å². The number of hydrogen-bond donors (Lipinski definition) is 0. The minimum absolute atomic E-state index is 0.877. The maximum Gasteiger partial charge on any atom is 0.118 e. The van der Waals surface area contributed by atoms with Gasteiger partial charge >= 0.3 is 0 Å². The molecule has 6 heteroatoms. The highest BCUT2D eigenvalue weighted by Crippen LogP contribution is 2.43. The van der Waals surface area contributed by atoms with Crippen molar-refractivity contribution in [1.29, 1.82) is 0 Å². The number of rotatable bonds is 12. The molecule has 0 spiro atoms. The van der Waals surface area contributed by atoms with Gasteiger partial charge in [-0.05, 0) is 96.3 Å². The molecule has 0 fully saturated rings. The summed E-state index contributed by atoms with van der Waals surface area (Å²) < 4.78 is 15.1. The second-order valence-corrected chi connectivity index (χ2v) is 13.3. The number of para-hydroxylation sites is 2. The van der Waals surface area contributed by atoms with Crippen molar-refractivity contribution in [3.63, 3.8) is 0 Å². The maximum atomic E-state index is 5.43. The molecule has 7 rings (SSSR count). The molecule has 5 aromatic carbocycles. The van der Waals surface area contributed by atoms with Gasteiger partial charge in [-0.2, -0.15) is 8.75 Å². The van der Waals surface area contributed by atoms with Gasteiger partial charge < -0.3 is 9.64 Å². The van der Waals surface area contributed by atoms with Gasteiger partial charge in [0, 0.05) is 37.9 Å². The third-order valence-corrected chi connectivity index (χ3v) is 10.4. The fourth-order valence-electron chi connectivity index (χ4n) is 6.17. The van der Waals surface area contributed by atoms with E-state index in [1.165, 1.54) is 58.3 Å². The number of unbranched alkanes of at least 4 members (excludes halogenated alkanes) is 3. The first-order valence-corrected chi connectivity index (χ1v) is 17.8. The summed E-state index contributed by atoms with van der Waals surface area (Å²) in [5, 5.41) is 0. The molecule has 0 saturated carbocycles. The van der Waals surface area contributed by atoms with Gasteiger partial charge in [-0.1, -0.05) is 86.8 Å². The highest BCUT2D eigenvalue weighted by molar-refractivity contribution is 7.19. The predicted octanol–water partition coefficient (Wildman–Crippen LogP) is 12.4. The zero-order valence-electron chi connectivity index (χ0n) is 26.7. The van der Waals surface area contributed by atoms with Gasteiger partial charge in [0.05, 0.1) is 18.8 Å². The number of benzene rings is 5. The van der Waals surface area contributed by atoms with Gasteiger partial charge in [0.1, 0.15) is 16.8 Å². The number of aromatic nitrogens is 2. The molecule has 0 saturated heterocycles. The number of nitrogens with zero attached hydrogens (tertiary/aromatic N) is 3. The first-order chi connectivity index (χ1) is 23.2. The summed E-state index contributed by atoms with van der Waals surface area (Å²) in [6.45, 7) is 2.26. The first kappa shape index (κ1) is 30.9. The van der Waals surface area contributed by atoms with E-state index in [9.17, 15) is 0 Å². The molecular formula is C41H37N3OS2. The van der Waals surface area contributed by atoms with Gasteiger partial charge in [-0.15, -0.1) is 11.3 Å². The lowest BCUT2D eigenvalue weighted by atomic mass is 9.99. The first-order valence-electron chi connectivity index (χ1n) is 16.3. The van der Waals surface area contributed by atoms with Gasteiger partial charge in [-0.3, -0.25) is 0 Å². The summed E-state index contributed by atoms with van der Waals surface area (Å²) in [5.74, 6) is 0.877. The smallest absolute Gasteiger partial charge is 0.118 e. The van der Waals surface area contributed by atoms with E-state index in [1.54, 1.807) is 7.11 Å². The highest BCUT2D eigenvalue weighted by Gasteiger charge is 2.19. The molecule has 2 aromatic heterocycles. The lowest BCUT2D eigenvalue weighted by Crippen LogP contribution is -2.09. The normalized spacial score (nSPS) is 11.2. The molecule has 0 aliphatic carbocycles. The van der Waals surface area contributed by atoms with E-state index < -0.39 is 0 Å². The topological polar surface area (TPSA) is 38.2 Å². The summed E-state index contributed by atoms with van der Waals surface area (Å²) in [6.07, 6.45) is 6.04. The number of anilines is 3. The Hall–Kier alpha value is -4.78. The summed E-state index contributed by atoms with van der Waals surface area (Å²) in [6, 6.07) is 45.1. The molecule has 0 unspecified atom stereocenters. The molecule has 7 aromatic rings. The summed E-state index contributed by atoms with van der Waals surface area (Å²) in [4.78, 5) is 4.85. The summed E-state index contributed by atoms with van der Waals surface area (Å²) in [5.41, 5.74) is 11.3. The number of methoxy groups -OCH3 is 1. The monoisotopic (exact) mass is 651 g/mol. The van der Waals surface area contributed by atoms with E-state index in [1.807, 2.05) is 11.3 Å². The van der Waals surface area contributed by atoms with Crippen LogP contribution < -0.4 is 9.64 Å². The average Bonchev–Trinajstić information content (AvgIpc) is 3.80. The van der Waals surface area contributed by atoms with Crippen LogP contribution in [0.4, 0.5) is 17.1 Å². The van der Waals surface area contributed by atoms with Crippen LogP contribution in [0.3, 0.4) is 0 Å². The van der Waals surface area contributed by atoms with Gasteiger partial charge in [0.25, 0.3) is 0 Å². The molecular weight excluding hydrogens is 615 g/mol. The molecule has 0 bridgehead atoms. The number of thiophene rings is 1. The van der Waals surface area contributed by atoms with E-state index in [2.05, 4.69) is 139 Å². The molecule has 0 atom stereocenters. The van der Waals surface area contributed by atoms with Crippen molar-refractivity contribution < 1.29 is 4.74 Å². The summed E-state index contributed by atoms with van der Waals surface area (Å²) in [7, 11) is 1.71. The molecule has 234 valence electrons. The van der Waals surface area contributed by atoms with Crippen LogP contribution in [0.15, 0.2) is 127 Å². The lowest BCUT2D eigenvalue weighted by molar-refractivity contribution is 0.415. The molecule has 0 radical (unpaired) electrons. The molecule has 0 amide bonds. The summed E-state index contributed by atoms with van der Waals surface area (Å²) >= 11 is 3.14. The Bertz CT molecular complexity index is 2010. The Kier molecular flexibility index (Phi) is 9.40. The maximum absolute atomic E-state index is 5.43. The van der Waals surface area contributed by atoms with Crippen molar-refractivity contribution in [2.75, 3.05) is 12.0 Å². The standard InChI is InChI=1S/C41H37N3OS2/c1-3-4-5-8-13-31-28-38(46-41(31)30-20-24-35(45-2)25-21-30)37-27-26-36(39-40(37)43-47-42-39)29-18-22-34(23-19-29)44(32-14-9-6-10-15-32)33-16-11-7-12-17-33/h6-7,9-12,14-28H,3-5,8,13H2,1-2H3. The van der Waals surface area contributed by atoms with Crippen molar-refractivity contribution in [1.82, 2.24) is 8.75 Å². The highest BCUT2D eigenvalue weighted by atomic mass is 32.1. The van der Waals surface area contributed by atoms with Gasteiger partial charge in [0.15, 0.2) is 0 Å². The van der Waals surface area contributed by atoms with Crippen LogP contribution in [0, 0.1) is 0 Å². The fourth-order valence-corrected chi connectivity index (χ4v) is 7.98. The second-order valence-electron chi connectivity index (χ2n) is 11.7.